The van der Waals surface area contributed by atoms with Crippen molar-refractivity contribution in [3.8, 4) is 0 Å². The topological polar surface area (TPSA) is 50.2 Å². The van der Waals surface area contributed by atoms with Crippen LogP contribution in [0.5, 0.6) is 0 Å². The molecule has 1 aromatic carbocycles. The van der Waals surface area contributed by atoms with E-state index in [4.69, 9.17) is 16.7 Å². The van der Waals surface area contributed by atoms with E-state index in [1.165, 1.54) is 17.8 Å². The third-order valence-corrected chi connectivity index (χ3v) is 4.98. The standard InChI is InChI=1S/C12H9ClFNO2S2/c1-6-10(11(16)17)19-12(15-6)18-5-7-3-2-4-8(13)9(7)14/h2-4H,5H2,1H3,(H,16,17). The van der Waals surface area contributed by atoms with E-state index >= 15 is 0 Å². The van der Waals surface area contributed by atoms with Gasteiger partial charge in [0.2, 0.25) is 0 Å². The molecule has 0 saturated heterocycles. The molecule has 0 aliphatic carbocycles. The lowest BCUT2D eigenvalue weighted by Gasteiger charge is -2.02. The summed E-state index contributed by atoms with van der Waals surface area (Å²) in [6.45, 7) is 1.64. The number of halogens is 2. The Labute approximate surface area is 122 Å². The Morgan fingerprint density at radius 1 is 1.58 bits per heavy atom. The van der Waals surface area contributed by atoms with Crippen LogP contribution < -0.4 is 0 Å². The molecule has 0 spiro atoms. The summed E-state index contributed by atoms with van der Waals surface area (Å²) >= 11 is 8.08. The summed E-state index contributed by atoms with van der Waals surface area (Å²) in [4.78, 5) is 15.3. The fourth-order valence-corrected chi connectivity index (χ4v) is 3.63. The fraction of sp³-hybridized carbons (Fsp3) is 0.167. The summed E-state index contributed by atoms with van der Waals surface area (Å²) in [7, 11) is 0. The Kier molecular flexibility index (Phi) is 4.44. The monoisotopic (exact) mass is 317 g/mol. The van der Waals surface area contributed by atoms with E-state index in [1.807, 2.05) is 0 Å². The molecule has 0 unspecified atom stereocenters. The molecule has 0 radical (unpaired) electrons. The molecule has 2 rings (SSSR count). The third-order valence-electron chi connectivity index (χ3n) is 2.35. The molecule has 0 fully saturated rings. The van der Waals surface area contributed by atoms with Crippen molar-refractivity contribution in [2.24, 2.45) is 0 Å². The molecule has 7 heteroatoms. The highest BCUT2D eigenvalue weighted by Crippen LogP contribution is 2.31. The van der Waals surface area contributed by atoms with Gasteiger partial charge in [-0.05, 0) is 18.6 Å². The summed E-state index contributed by atoms with van der Waals surface area (Å²) in [5.41, 5.74) is 0.953. The van der Waals surface area contributed by atoms with Gasteiger partial charge >= 0.3 is 5.97 Å². The number of benzene rings is 1. The van der Waals surface area contributed by atoms with Crippen molar-refractivity contribution in [2.75, 3.05) is 0 Å². The van der Waals surface area contributed by atoms with Gasteiger partial charge < -0.3 is 5.11 Å². The minimum atomic E-state index is -0.990. The van der Waals surface area contributed by atoms with Crippen LogP contribution in [0.1, 0.15) is 20.9 Å². The van der Waals surface area contributed by atoms with Gasteiger partial charge in [-0.3, -0.25) is 0 Å². The summed E-state index contributed by atoms with van der Waals surface area (Å²) < 4.78 is 14.3. The smallest absolute Gasteiger partial charge is 0.347 e. The second-order valence-electron chi connectivity index (χ2n) is 3.70. The van der Waals surface area contributed by atoms with Crippen LogP contribution in [-0.4, -0.2) is 16.1 Å². The molecule has 1 heterocycles. The average molecular weight is 318 g/mol. The summed E-state index contributed by atoms with van der Waals surface area (Å²) in [6, 6.07) is 4.81. The lowest BCUT2D eigenvalue weighted by molar-refractivity contribution is 0.0701. The number of nitrogens with zero attached hydrogens (tertiary/aromatic N) is 1. The number of aromatic nitrogens is 1. The van der Waals surface area contributed by atoms with Crippen LogP contribution in [0.3, 0.4) is 0 Å². The maximum atomic E-state index is 13.7. The highest BCUT2D eigenvalue weighted by molar-refractivity contribution is 8.00. The first-order valence-corrected chi connectivity index (χ1v) is 7.43. The molecular weight excluding hydrogens is 309 g/mol. The summed E-state index contributed by atoms with van der Waals surface area (Å²) in [6.07, 6.45) is 0. The van der Waals surface area contributed by atoms with Gasteiger partial charge in [-0.2, -0.15) is 0 Å². The molecule has 1 N–H and O–H groups in total. The number of thiazole rings is 1. The predicted octanol–water partition coefficient (Wildman–Crippen LogP) is 4.23. The maximum absolute atomic E-state index is 13.7. The van der Waals surface area contributed by atoms with Gasteiger partial charge in [-0.25, -0.2) is 14.2 Å². The lowest BCUT2D eigenvalue weighted by Crippen LogP contribution is -1.94. The Morgan fingerprint density at radius 2 is 2.32 bits per heavy atom. The zero-order valence-corrected chi connectivity index (χ0v) is 12.2. The van der Waals surface area contributed by atoms with Gasteiger partial charge in [0, 0.05) is 5.75 Å². The van der Waals surface area contributed by atoms with Gasteiger partial charge in [0.1, 0.15) is 10.7 Å². The number of carboxylic acids is 1. The van der Waals surface area contributed by atoms with E-state index < -0.39 is 11.8 Å². The number of hydrogen-bond donors (Lipinski definition) is 1. The number of aryl methyl sites for hydroxylation is 1. The Balaban J connectivity index is 2.13. The molecule has 0 aliphatic rings. The van der Waals surface area contributed by atoms with Crippen molar-refractivity contribution >= 4 is 40.7 Å². The summed E-state index contributed by atoms with van der Waals surface area (Å²) in [5.74, 6) is -1.07. The van der Waals surface area contributed by atoms with Gasteiger partial charge in [-0.1, -0.05) is 35.5 Å². The molecule has 0 aliphatic heterocycles. The van der Waals surface area contributed by atoms with Crippen LogP contribution in [0.15, 0.2) is 22.5 Å². The predicted molar refractivity (Wildman–Crippen MR) is 74.8 cm³/mol. The van der Waals surface area contributed by atoms with Crippen LogP contribution in [0.4, 0.5) is 4.39 Å². The second-order valence-corrected chi connectivity index (χ2v) is 6.33. The van der Waals surface area contributed by atoms with Crippen molar-refractivity contribution < 1.29 is 14.3 Å². The Morgan fingerprint density at radius 3 is 2.95 bits per heavy atom. The molecule has 2 aromatic rings. The summed E-state index contributed by atoms with van der Waals surface area (Å²) in [5, 5.41) is 9.01. The van der Waals surface area contributed by atoms with Gasteiger partial charge in [0.25, 0.3) is 0 Å². The fourth-order valence-electron chi connectivity index (χ4n) is 1.43. The SMILES string of the molecule is Cc1nc(SCc2cccc(Cl)c2F)sc1C(=O)O. The minimum Gasteiger partial charge on any atom is -0.477 e. The van der Waals surface area contributed by atoms with Gasteiger partial charge in [0.15, 0.2) is 4.34 Å². The number of thioether (sulfide) groups is 1. The Bertz CT molecular complexity index is 630. The van der Waals surface area contributed by atoms with E-state index in [0.29, 0.717) is 21.3 Å². The van der Waals surface area contributed by atoms with Crippen LogP contribution in [0, 0.1) is 12.7 Å². The molecular formula is C12H9ClFNO2S2. The number of hydrogen-bond acceptors (Lipinski definition) is 4. The van der Waals surface area contributed by atoms with Crippen LogP contribution >= 0.6 is 34.7 Å². The zero-order valence-electron chi connectivity index (χ0n) is 9.81. The lowest BCUT2D eigenvalue weighted by atomic mass is 10.2. The third kappa shape index (κ3) is 3.26. The van der Waals surface area contributed by atoms with E-state index in [1.54, 1.807) is 19.1 Å². The molecule has 100 valence electrons. The van der Waals surface area contributed by atoms with Gasteiger partial charge in [0.05, 0.1) is 10.7 Å². The number of rotatable bonds is 4. The molecule has 1 aromatic heterocycles. The van der Waals surface area contributed by atoms with Crippen LogP contribution in [-0.2, 0) is 5.75 Å². The van der Waals surface area contributed by atoms with E-state index in [-0.39, 0.29) is 9.90 Å². The quantitative estimate of drug-likeness (QED) is 0.857. The van der Waals surface area contributed by atoms with E-state index in [9.17, 15) is 9.18 Å². The average Bonchev–Trinajstić information content (AvgIpc) is 2.73. The Hall–Kier alpha value is -1.11. The minimum absolute atomic E-state index is 0.0830. The van der Waals surface area contributed by atoms with Crippen molar-refractivity contribution in [3.63, 3.8) is 0 Å². The highest BCUT2D eigenvalue weighted by atomic mass is 35.5. The van der Waals surface area contributed by atoms with Gasteiger partial charge in [-0.15, -0.1) is 11.3 Å². The normalized spacial score (nSPS) is 10.7. The van der Waals surface area contributed by atoms with Crippen molar-refractivity contribution in [1.29, 1.82) is 0 Å². The first kappa shape index (κ1) is 14.3. The zero-order chi connectivity index (χ0) is 14.0. The molecule has 0 saturated carbocycles. The number of carbonyl (C=O) groups is 1. The molecule has 19 heavy (non-hydrogen) atoms. The number of carboxylic acid groups (broad SMARTS) is 1. The largest absolute Gasteiger partial charge is 0.477 e. The van der Waals surface area contributed by atoms with E-state index in [2.05, 4.69) is 4.98 Å². The second kappa shape index (κ2) is 5.90. The van der Waals surface area contributed by atoms with Crippen molar-refractivity contribution in [3.05, 3.63) is 45.2 Å². The van der Waals surface area contributed by atoms with E-state index in [0.717, 1.165) is 11.3 Å². The molecule has 3 nitrogen and oxygen atoms in total. The molecule has 0 atom stereocenters. The first-order chi connectivity index (χ1) is 8.99. The molecule has 0 amide bonds. The number of aromatic carboxylic acids is 1. The van der Waals surface area contributed by atoms with Crippen LogP contribution in [0.2, 0.25) is 5.02 Å². The van der Waals surface area contributed by atoms with Crippen LogP contribution in [0.25, 0.3) is 0 Å². The van der Waals surface area contributed by atoms with Crippen molar-refractivity contribution in [2.45, 2.75) is 17.0 Å². The first-order valence-electron chi connectivity index (χ1n) is 5.25. The molecule has 0 bridgehead atoms. The maximum Gasteiger partial charge on any atom is 0.347 e. The highest BCUT2D eigenvalue weighted by Gasteiger charge is 2.15. The van der Waals surface area contributed by atoms with Crippen molar-refractivity contribution in [1.82, 2.24) is 4.98 Å².